The molecule has 0 radical (unpaired) electrons. The average molecular weight is 390 g/mol. The number of anilines is 1. The number of aldehydes is 1. The second-order valence-corrected chi connectivity index (χ2v) is 6.09. The van der Waals surface area contributed by atoms with E-state index in [9.17, 15) is 9.18 Å². The highest BCUT2D eigenvalue weighted by atomic mass is 19.1. The Balaban J connectivity index is 2.31. The van der Waals surface area contributed by atoms with Crippen molar-refractivity contribution in [3.05, 3.63) is 95.3 Å². The lowest BCUT2D eigenvalue weighted by Crippen LogP contribution is -2.21. The third-order valence-electron chi connectivity index (χ3n) is 3.98. The van der Waals surface area contributed by atoms with Gasteiger partial charge in [-0.25, -0.2) is 9.38 Å². The Morgan fingerprint density at radius 3 is 2.86 bits per heavy atom. The maximum Gasteiger partial charge on any atom is 0.156 e. The molecule has 2 aromatic rings. The van der Waals surface area contributed by atoms with Crippen molar-refractivity contribution in [1.29, 1.82) is 0 Å². The first-order chi connectivity index (χ1) is 14.0. The quantitative estimate of drug-likeness (QED) is 0.452. The number of benzene rings is 1. The second-order valence-electron chi connectivity index (χ2n) is 6.09. The minimum Gasteiger partial charge on any atom is -0.392 e. The molecule has 2 rings (SSSR count). The van der Waals surface area contributed by atoms with E-state index < -0.39 is 5.82 Å². The summed E-state index contributed by atoms with van der Waals surface area (Å²) in [4.78, 5) is 15.4. The molecule has 0 spiro atoms. The number of hydrogen-bond acceptors (Lipinski definition) is 4. The molecule has 0 atom stereocenters. The molecular formula is C23H23FN4O. The summed E-state index contributed by atoms with van der Waals surface area (Å²) in [5.41, 5.74) is 3.57. The van der Waals surface area contributed by atoms with Crippen LogP contribution in [-0.4, -0.2) is 17.9 Å². The highest BCUT2D eigenvalue weighted by Crippen LogP contribution is 2.13. The minimum atomic E-state index is -0.545. The SMILES string of the molecule is C=C/C(=C\NC)Nc1cccn(C)c1=N/C=C/C#Cc1cc(C=O)c(F)cc1C. The molecule has 0 saturated carbocycles. The van der Waals surface area contributed by atoms with Crippen LogP contribution in [0.2, 0.25) is 0 Å². The molecule has 0 aliphatic rings. The van der Waals surface area contributed by atoms with Crippen molar-refractivity contribution in [3.63, 3.8) is 0 Å². The van der Waals surface area contributed by atoms with Gasteiger partial charge in [-0.2, -0.15) is 0 Å². The smallest absolute Gasteiger partial charge is 0.156 e. The van der Waals surface area contributed by atoms with E-state index in [1.165, 1.54) is 12.1 Å². The highest BCUT2D eigenvalue weighted by molar-refractivity contribution is 5.76. The summed E-state index contributed by atoms with van der Waals surface area (Å²) in [6.45, 7) is 5.53. The van der Waals surface area contributed by atoms with E-state index in [0.29, 0.717) is 22.9 Å². The number of allylic oxidation sites excluding steroid dienone is 2. The number of pyridine rings is 1. The summed E-state index contributed by atoms with van der Waals surface area (Å²) in [6, 6.07) is 6.57. The molecule has 29 heavy (non-hydrogen) atoms. The zero-order chi connectivity index (χ0) is 21.2. The normalized spacial score (nSPS) is 11.7. The Kier molecular flexibility index (Phi) is 7.75. The second kappa shape index (κ2) is 10.5. The topological polar surface area (TPSA) is 58.4 Å². The number of hydrogen-bond donors (Lipinski definition) is 2. The number of carbonyl (C=O) groups is 1. The zero-order valence-corrected chi connectivity index (χ0v) is 16.7. The molecular weight excluding hydrogens is 367 g/mol. The van der Waals surface area contributed by atoms with E-state index in [0.717, 1.165) is 11.4 Å². The monoisotopic (exact) mass is 390 g/mol. The van der Waals surface area contributed by atoms with Gasteiger partial charge in [0.1, 0.15) is 5.82 Å². The fourth-order valence-corrected chi connectivity index (χ4v) is 2.50. The number of halogens is 1. The summed E-state index contributed by atoms with van der Waals surface area (Å²) >= 11 is 0. The molecule has 0 amide bonds. The number of aromatic nitrogens is 1. The van der Waals surface area contributed by atoms with Gasteiger partial charge in [-0.15, -0.1) is 0 Å². The average Bonchev–Trinajstić information content (AvgIpc) is 2.70. The summed E-state index contributed by atoms with van der Waals surface area (Å²) in [5.74, 6) is 5.23. The highest BCUT2D eigenvalue weighted by Gasteiger charge is 2.04. The Hall–Kier alpha value is -3.85. The third kappa shape index (κ3) is 5.81. The maximum atomic E-state index is 13.6. The Labute approximate surface area is 170 Å². The van der Waals surface area contributed by atoms with Gasteiger partial charge in [0.05, 0.1) is 16.9 Å². The van der Waals surface area contributed by atoms with Crippen molar-refractivity contribution in [2.24, 2.45) is 12.0 Å². The van der Waals surface area contributed by atoms with Gasteiger partial charge in [-0.3, -0.25) is 4.79 Å². The number of aryl methyl sites for hydroxylation is 2. The van der Waals surface area contributed by atoms with E-state index in [2.05, 4.69) is 34.0 Å². The van der Waals surface area contributed by atoms with Gasteiger partial charge in [0, 0.05) is 44.3 Å². The standard InChI is InChI=1S/C23H23FN4O/c1-5-20(15-25-3)27-22-10-8-12-28(4)23(22)26-11-7-6-9-18-14-19(16-29)21(24)13-17(18)2/h5,7-8,10-16,25,27H,1H2,2-4H3/b11-7+,20-15+,26-23?. The van der Waals surface area contributed by atoms with Crippen LogP contribution in [0.1, 0.15) is 21.5 Å². The molecule has 0 fully saturated rings. The minimum absolute atomic E-state index is 0.00626. The van der Waals surface area contributed by atoms with Crippen molar-refractivity contribution >= 4 is 12.0 Å². The fraction of sp³-hybridized carbons (Fsp3) is 0.130. The van der Waals surface area contributed by atoms with E-state index in [-0.39, 0.29) is 5.56 Å². The van der Waals surface area contributed by atoms with E-state index >= 15 is 0 Å². The lowest BCUT2D eigenvalue weighted by Gasteiger charge is -2.10. The zero-order valence-electron chi connectivity index (χ0n) is 16.7. The van der Waals surface area contributed by atoms with Gasteiger partial charge in [0.15, 0.2) is 11.8 Å². The van der Waals surface area contributed by atoms with Crippen LogP contribution < -0.4 is 16.1 Å². The van der Waals surface area contributed by atoms with Crippen molar-refractivity contribution in [3.8, 4) is 11.8 Å². The van der Waals surface area contributed by atoms with E-state index in [4.69, 9.17) is 0 Å². The van der Waals surface area contributed by atoms with E-state index in [1.807, 2.05) is 37.0 Å². The summed E-state index contributed by atoms with van der Waals surface area (Å²) in [5, 5.41) is 6.21. The molecule has 0 bridgehead atoms. The number of nitrogens with one attached hydrogen (secondary N) is 2. The molecule has 1 heterocycles. The first kappa shape index (κ1) is 21.5. The van der Waals surface area contributed by atoms with Crippen molar-refractivity contribution in [2.75, 3.05) is 12.4 Å². The molecule has 0 unspecified atom stereocenters. The van der Waals surface area contributed by atoms with Gasteiger partial charge in [-0.05, 0) is 42.8 Å². The van der Waals surface area contributed by atoms with Crippen molar-refractivity contribution in [1.82, 2.24) is 9.88 Å². The number of carbonyl (C=O) groups excluding carboxylic acids is 1. The van der Waals surface area contributed by atoms with Crippen LogP contribution in [0, 0.1) is 24.6 Å². The number of rotatable bonds is 6. The summed E-state index contributed by atoms with van der Waals surface area (Å²) < 4.78 is 15.4. The van der Waals surface area contributed by atoms with Gasteiger partial charge in [0.25, 0.3) is 0 Å². The molecule has 0 aliphatic heterocycles. The molecule has 2 N–H and O–H groups in total. The van der Waals surface area contributed by atoms with Gasteiger partial charge >= 0.3 is 0 Å². The Morgan fingerprint density at radius 2 is 2.17 bits per heavy atom. The van der Waals surface area contributed by atoms with Crippen LogP contribution in [0.4, 0.5) is 10.1 Å². The predicted molar refractivity (Wildman–Crippen MR) is 114 cm³/mol. The van der Waals surface area contributed by atoms with Crippen LogP contribution in [-0.2, 0) is 7.05 Å². The maximum absolute atomic E-state index is 13.6. The van der Waals surface area contributed by atoms with Crippen LogP contribution in [0.15, 0.2) is 72.3 Å². The van der Waals surface area contributed by atoms with Crippen LogP contribution in [0.3, 0.4) is 0 Å². The number of nitrogens with zero attached hydrogens (tertiary/aromatic N) is 2. The summed E-state index contributed by atoms with van der Waals surface area (Å²) in [6.07, 6.45) is 9.05. The van der Waals surface area contributed by atoms with Gasteiger partial charge in [-0.1, -0.05) is 18.4 Å². The largest absolute Gasteiger partial charge is 0.392 e. The lowest BCUT2D eigenvalue weighted by atomic mass is 10.1. The summed E-state index contributed by atoms with van der Waals surface area (Å²) in [7, 11) is 3.70. The van der Waals surface area contributed by atoms with E-state index in [1.54, 1.807) is 31.5 Å². The van der Waals surface area contributed by atoms with Crippen molar-refractivity contribution < 1.29 is 9.18 Å². The third-order valence-corrected chi connectivity index (χ3v) is 3.98. The van der Waals surface area contributed by atoms with Gasteiger partial charge < -0.3 is 15.2 Å². The van der Waals surface area contributed by atoms with Crippen LogP contribution in [0.5, 0.6) is 0 Å². The van der Waals surface area contributed by atoms with Crippen molar-refractivity contribution in [2.45, 2.75) is 6.92 Å². The molecule has 148 valence electrons. The Bertz CT molecular complexity index is 1100. The predicted octanol–water partition coefficient (Wildman–Crippen LogP) is 3.41. The van der Waals surface area contributed by atoms with Gasteiger partial charge in [0.2, 0.25) is 0 Å². The first-order valence-corrected chi connectivity index (χ1v) is 8.88. The van der Waals surface area contributed by atoms with Crippen LogP contribution >= 0.6 is 0 Å². The lowest BCUT2D eigenvalue weighted by molar-refractivity contribution is 0.112. The molecule has 1 aromatic heterocycles. The molecule has 6 heteroatoms. The van der Waals surface area contributed by atoms with Crippen LogP contribution in [0.25, 0.3) is 0 Å². The first-order valence-electron chi connectivity index (χ1n) is 8.88. The molecule has 1 aromatic carbocycles. The molecule has 5 nitrogen and oxygen atoms in total. The molecule has 0 aliphatic carbocycles. The fourth-order valence-electron chi connectivity index (χ4n) is 2.50. The molecule has 0 saturated heterocycles. The Morgan fingerprint density at radius 1 is 1.38 bits per heavy atom.